The van der Waals surface area contributed by atoms with Gasteiger partial charge in [-0.15, -0.1) is 15.3 Å². The topological polar surface area (TPSA) is 158 Å². The maximum atomic E-state index is 6.18. The Balaban J connectivity index is 1.74. The molecular weight excluding hydrogens is 392 g/mol. The van der Waals surface area contributed by atoms with E-state index < -0.39 is 0 Å². The Morgan fingerprint density at radius 1 is 0.724 bits per heavy atom. The van der Waals surface area contributed by atoms with Gasteiger partial charge in [-0.3, -0.25) is 0 Å². The van der Waals surface area contributed by atoms with Crippen molar-refractivity contribution < 1.29 is 0 Å². The van der Waals surface area contributed by atoms with E-state index in [4.69, 9.17) is 28.8 Å². The van der Waals surface area contributed by atoms with Crippen LogP contribution in [0.1, 0.15) is 0 Å². The Hall–Kier alpha value is -4.05. The number of aromatic nitrogens is 3. The van der Waals surface area contributed by atoms with Crippen LogP contribution in [0.3, 0.4) is 0 Å². The summed E-state index contributed by atoms with van der Waals surface area (Å²) >= 11 is 5.86. The zero-order valence-electron chi connectivity index (χ0n) is 14.9. The molecule has 6 N–H and O–H groups in total. The van der Waals surface area contributed by atoms with Gasteiger partial charge in [0, 0.05) is 5.02 Å². The third-order valence-electron chi connectivity index (χ3n) is 3.92. The lowest BCUT2D eigenvalue weighted by atomic mass is 10.3. The van der Waals surface area contributed by atoms with Crippen LogP contribution in [-0.2, 0) is 0 Å². The van der Waals surface area contributed by atoms with E-state index in [0.717, 1.165) is 0 Å². The van der Waals surface area contributed by atoms with Crippen LogP contribution >= 0.6 is 11.6 Å². The van der Waals surface area contributed by atoms with E-state index in [1.54, 1.807) is 36.4 Å². The first-order chi connectivity index (χ1) is 14.0. The molecule has 0 aliphatic rings. The van der Waals surface area contributed by atoms with E-state index in [9.17, 15) is 0 Å². The number of benzene rings is 2. The molecule has 0 spiro atoms. The highest BCUT2D eigenvalue weighted by molar-refractivity contribution is 6.30. The zero-order chi connectivity index (χ0) is 20.4. The predicted molar refractivity (Wildman–Crippen MR) is 112 cm³/mol. The van der Waals surface area contributed by atoms with E-state index in [-0.39, 0.29) is 34.5 Å². The molecule has 0 atom stereocenters. The summed E-state index contributed by atoms with van der Waals surface area (Å²) in [6, 6.07) is 16.0. The smallest absolute Gasteiger partial charge is 0.189 e. The molecule has 144 valence electrons. The fourth-order valence-corrected chi connectivity index (χ4v) is 2.63. The van der Waals surface area contributed by atoms with Crippen LogP contribution in [0.15, 0.2) is 75.1 Å². The molecular formula is C18H15ClN10. The number of nitrogens with two attached hydrogens (primary N) is 3. The fraction of sp³-hybridized carbons (Fsp3) is 0. The quantitative estimate of drug-likeness (QED) is 0.408. The number of nitrogen functional groups attached to an aromatic ring is 3. The molecule has 2 aromatic heterocycles. The van der Waals surface area contributed by atoms with Crippen molar-refractivity contribution in [1.29, 1.82) is 0 Å². The van der Waals surface area contributed by atoms with Crippen molar-refractivity contribution in [3.63, 3.8) is 0 Å². The number of nitrogens with zero attached hydrogens (tertiary/aromatic N) is 7. The van der Waals surface area contributed by atoms with Gasteiger partial charge in [0.25, 0.3) is 0 Å². The van der Waals surface area contributed by atoms with Crippen LogP contribution in [0.5, 0.6) is 0 Å². The van der Waals surface area contributed by atoms with Gasteiger partial charge in [0.2, 0.25) is 0 Å². The Morgan fingerprint density at radius 2 is 1.34 bits per heavy atom. The summed E-state index contributed by atoms with van der Waals surface area (Å²) in [6.45, 7) is 0. The highest BCUT2D eigenvalue weighted by Crippen LogP contribution is 2.36. The first-order valence-corrected chi connectivity index (χ1v) is 8.78. The number of anilines is 3. The van der Waals surface area contributed by atoms with E-state index in [1.807, 2.05) is 18.2 Å². The minimum Gasteiger partial charge on any atom is -0.382 e. The number of rotatable bonds is 4. The molecule has 0 fully saturated rings. The fourth-order valence-electron chi connectivity index (χ4n) is 2.50. The minimum atomic E-state index is 0.0591. The largest absolute Gasteiger partial charge is 0.382 e. The molecule has 11 heteroatoms. The van der Waals surface area contributed by atoms with E-state index in [0.29, 0.717) is 16.4 Å². The maximum Gasteiger partial charge on any atom is 0.189 e. The van der Waals surface area contributed by atoms with E-state index >= 15 is 0 Å². The Morgan fingerprint density at radius 3 is 2.03 bits per heavy atom. The summed E-state index contributed by atoms with van der Waals surface area (Å²) in [5.41, 5.74) is 20.1. The maximum absolute atomic E-state index is 6.18. The molecule has 2 aromatic carbocycles. The van der Waals surface area contributed by atoms with E-state index in [2.05, 4.69) is 30.5 Å². The second kappa shape index (κ2) is 7.52. The van der Waals surface area contributed by atoms with Crippen molar-refractivity contribution in [2.75, 3.05) is 17.2 Å². The molecule has 2 heterocycles. The average Bonchev–Trinajstić information content (AvgIpc) is 3.04. The monoisotopic (exact) mass is 406 g/mol. The van der Waals surface area contributed by atoms with Crippen molar-refractivity contribution in [3.05, 3.63) is 59.6 Å². The lowest BCUT2D eigenvalue weighted by molar-refractivity contribution is 0.955. The van der Waals surface area contributed by atoms with Crippen LogP contribution in [0.4, 0.5) is 40.2 Å². The molecule has 0 bridgehead atoms. The van der Waals surface area contributed by atoms with Gasteiger partial charge in [-0.05, 0) is 36.4 Å². The third-order valence-corrected chi connectivity index (χ3v) is 4.17. The SMILES string of the molecule is Nc1nc2c(N=Nc3ccccc3)c(N)nn2c(N)c1N=Nc1ccc(Cl)cc1. The van der Waals surface area contributed by atoms with Crippen molar-refractivity contribution in [2.45, 2.75) is 0 Å². The van der Waals surface area contributed by atoms with Gasteiger partial charge in [-0.25, -0.2) is 4.98 Å². The Labute approximate surface area is 169 Å². The Bertz CT molecular complexity index is 1230. The molecule has 10 nitrogen and oxygen atoms in total. The standard InChI is InChI=1S/C18H15ClN10/c19-10-6-8-12(9-7-10)25-26-13-15(20)23-18-14(16(21)28-29(18)17(13)22)27-24-11-4-2-1-3-5-11/h1-9H,22H2,(H2,20,23)(H2,21,28). The highest BCUT2D eigenvalue weighted by Gasteiger charge is 2.18. The average molecular weight is 407 g/mol. The Kier molecular flexibility index (Phi) is 4.75. The number of fused-ring (bicyclic) bond motifs is 1. The zero-order valence-corrected chi connectivity index (χ0v) is 15.7. The molecule has 0 unspecified atom stereocenters. The van der Waals surface area contributed by atoms with Gasteiger partial charge in [-0.2, -0.15) is 14.7 Å². The van der Waals surface area contributed by atoms with Crippen LogP contribution in [0.25, 0.3) is 5.65 Å². The van der Waals surface area contributed by atoms with Gasteiger partial charge in [-0.1, -0.05) is 29.8 Å². The van der Waals surface area contributed by atoms with Crippen LogP contribution < -0.4 is 17.2 Å². The van der Waals surface area contributed by atoms with Gasteiger partial charge in [0.15, 0.2) is 34.5 Å². The highest BCUT2D eigenvalue weighted by atomic mass is 35.5. The predicted octanol–water partition coefficient (Wildman–Crippen LogP) is 4.96. The molecule has 0 aliphatic carbocycles. The van der Waals surface area contributed by atoms with Gasteiger partial charge in [0.05, 0.1) is 11.4 Å². The number of hydrogen-bond donors (Lipinski definition) is 3. The van der Waals surface area contributed by atoms with Gasteiger partial charge < -0.3 is 17.2 Å². The summed E-state index contributed by atoms with van der Waals surface area (Å²) in [5.74, 6) is 0.289. The summed E-state index contributed by atoms with van der Waals surface area (Å²) in [7, 11) is 0. The summed E-state index contributed by atoms with van der Waals surface area (Å²) in [4.78, 5) is 4.29. The van der Waals surface area contributed by atoms with Crippen LogP contribution in [-0.4, -0.2) is 14.6 Å². The normalized spacial score (nSPS) is 11.8. The lowest BCUT2D eigenvalue weighted by Crippen LogP contribution is -2.04. The molecule has 0 radical (unpaired) electrons. The summed E-state index contributed by atoms with van der Waals surface area (Å²) in [5, 5.41) is 21.3. The molecule has 29 heavy (non-hydrogen) atoms. The summed E-state index contributed by atoms with van der Waals surface area (Å²) in [6.07, 6.45) is 0. The molecule has 0 saturated carbocycles. The van der Waals surface area contributed by atoms with Crippen molar-refractivity contribution in [2.24, 2.45) is 20.5 Å². The molecule has 0 aliphatic heterocycles. The van der Waals surface area contributed by atoms with Crippen LogP contribution in [0, 0.1) is 0 Å². The number of azo groups is 2. The summed E-state index contributed by atoms with van der Waals surface area (Å²) < 4.78 is 1.31. The second-order valence-corrected chi connectivity index (χ2v) is 6.35. The third kappa shape index (κ3) is 3.69. The second-order valence-electron chi connectivity index (χ2n) is 5.91. The number of hydrogen-bond acceptors (Lipinski definition) is 9. The van der Waals surface area contributed by atoms with Gasteiger partial charge in [0.1, 0.15) is 0 Å². The van der Waals surface area contributed by atoms with Crippen molar-refractivity contribution >= 4 is 57.5 Å². The van der Waals surface area contributed by atoms with Gasteiger partial charge >= 0.3 is 0 Å². The van der Waals surface area contributed by atoms with Crippen molar-refractivity contribution in [1.82, 2.24) is 14.6 Å². The first kappa shape index (κ1) is 18.3. The molecule has 4 rings (SSSR count). The molecule has 4 aromatic rings. The minimum absolute atomic E-state index is 0.0591. The van der Waals surface area contributed by atoms with E-state index in [1.165, 1.54) is 4.52 Å². The molecule has 0 amide bonds. The van der Waals surface area contributed by atoms with Crippen LogP contribution in [0.2, 0.25) is 5.02 Å². The number of halogens is 1. The van der Waals surface area contributed by atoms with Crippen molar-refractivity contribution in [3.8, 4) is 0 Å². The lowest BCUT2D eigenvalue weighted by Gasteiger charge is -2.05. The molecule has 0 saturated heterocycles. The first-order valence-electron chi connectivity index (χ1n) is 8.40.